The molecule has 0 bridgehead atoms. The van der Waals surface area contributed by atoms with E-state index in [2.05, 4.69) is 5.32 Å². The molecule has 2 N–H and O–H groups in total. The van der Waals surface area contributed by atoms with Crippen molar-refractivity contribution in [2.45, 2.75) is 6.54 Å². The van der Waals surface area contributed by atoms with Crippen molar-refractivity contribution in [3.63, 3.8) is 0 Å². The van der Waals surface area contributed by atoms with Crippen LogP contribution in [0.25, 0.3) is 0 Å². The summed E-state index contributed by atoms with van der Waals surface area (Å²) in [6.45, 7) is 0.135. The van der Waals surface area contributed by atoms with Crippen LogP contribution < -0.4 is 10.1 Å². The molecule has 6 nitrogen and oxygen atoms in total. The molecule has 0 heterocycles. The summed E-state index contributed by atoms with van der Waals surface area (Å²) < 4.78 is 5.00. The van der Waals surface area contributed by atoms with Crippen LogP contribution in [-0.4, -0.2) is 43.2 Å². The molecule has 0 atom stereocenters. The number of nitrogens with zero attached hydrogens (tertiary/aromatic N) is 1. The van der Waals surface area contributed by atoms with E-state index < -0.39 is 5.97 Å². The van der Waals surface area contributed by atoms with E-state index in [1.54, 1.807) is 32.3 Å². The van der Waals surface area contributed by atoms with Crippen molar-refractivity contribution in [3.05, 3.63) is 29.3 Å². The van der Waals surface area contributed by atoms with Gasteiger partial charge in [-0.05, 0) is 11.6 Å². The molecule has 0 radical (unpaired) electrons. The van der Waals surface area contributed by atoms with E-state index in [4.69, 9.17) is 9.84 Å². The van der Waals surface area contributed by atoms with E-state index in [0.717, 1.165) is 0 Å². The molecule has 0 aromatic heterocycles. The number of rotatable bonds is 4. The van der Waals surface area contributed by atoms with Gasteiger partial charge in [0.15, 0.2) is 0 Å². The molecule has 18 heavy (non-hydrogen) atoms. The van der Waals surface area contributed by atoms with Crippen LogP contribution in [0.1, 0.15) is 15.9 Å². The fraction of sp³-hybridized carbons (Fsp3) is 0.333. The second-order valence-electron chi connectivity index (χ2n) is 3.85. The summed E-state index contributed by atoms with van der Waals surface area (Å²) in [5.41, 5.74) is 0.566. The zero-order chi connectivity index (χ0) is 13.7. The molecule has 0 aliphatic rings. The molecule has 98 valence electrons. The fourth-order valence-electron chi connectivity index (χ4n) is 1.47. The Hall–Kier alpha value is -2.24. The van der Waals surface area contributed by atoms with Crippen LogP contribution in [0.4, 0.5) is 4.79 Å². The second kappa shape index (κ2) is 5.90. The monoisotopic (exact) mass is 252 g/mol. The quantitative estimate of drug-likeness (QED) is 0.843. The zero-order valence-electron chi connectivity index (χ0n) is 10.6. The molecule has 2 amide bonds. The summed E-state index contributed by atoms with van der Waals surface area (Å²) in [5, 5.41) is 11.8. The second-order valence-corrected chi connectivity index (χ2v) is 3.85. The van der Waals surface area contributed by atoms with Gasteiger partial charge in [-0.25, -0.2) is 9.59 Å². The van der Waals surface area contributed by atoms with E-state index >= 15 is 0 Å². The lowest BCUT2D eigenvalue weighted by molar-refractivity contribution is 0.0691. The van der Waals surface area contributed by atoms with Crippen LogP contribution in [0.5, 0.6) is 5.75 Å². The highest BCUT2D eigenvalue weighted by atomic mass is 16.5. The Kier molecular flexibility index (Phi) is 4.53. The van der Waals surface area contributed by atoms with Crippen molar-refractivity contribution < 1.29 is 19.4 Å². The van der Waals surface area contributed by atoms with E-state index in [1.807, 2.05) is 0 Å². The standard InChI is InChI=1S/C12H16N2O4/c1-14(2)12(17)13-7-8-5-4-6-9(18-3)10(8)11(15)16/h4-6H,7H2,1-3H3,(H,13,17)(H,15,16). The normalized spacial score (nSPS) is 9.72. The Labute approximate surface area is 105 Å². The smallest absolute Gasteiger partial charge is 0.339 e. The minimum Gasteiger partial charge on any atom is -0.496 e. The minimum absolute atomic E-state index is 0.0686. The van der Waals surface area contributed by atoms with Gasteiger partial charge in [-0.2, -0.15) is 0 Å². The Morgan fingerprint density at radius 3 is 2.56 bits per heavy atom. The first kappa shape index (κ1) is 13.8. The van der Waals surface area contributed by atoms with Gasteiger partial charge < -0.3 is 20.1 Å². The number of amides is 2. The lowest BCUT2D eigenvalue weighted by Gasteiger charge is -2.14. The number of hydrogen-bond donors (Lipinski definition) is 2. The zero-order valence-corrected chi connectivity index (χ0v) is 10.6. The summed E-state index contributed by atoms with van der Waals surface area (Å²) in [5.74, 6) is -0.805. The maximum atomic E-state index is 11.4. The van der Waals surface area contributed by atoms with Gasteiger partial charge in [0.2, 0.25) is 0 Å². The molecule has 0 saturated heterocycles. The maximum absolute atomic E-state index is 11.4. The minimum atomic E-state index is -1.08. The lowest BCUT2D eigenvalue weighted by Crippen LogP contribution is -2.34. The predicted molar refractivity (Wildman–Crippen MR) is 65.9 cm³/mol. The highest BCUT2D eigenvalue weighted by Crippen LogP contribution is 2.22. The first-order valence-corrected chi connectivity index (χ1v) is 5.31. The number of aromatic carboxylic acids is 1. The number of carboxylic acid groups (broad SMARTS) is 1. The van der Waals surface area contributed by atoms with E-state index in [9.17, 15) is 9.59 Å². The molecule has 0 unspecified atom stereocenters. The van der Waals surface area contributed by atoms with Crippen LogP contribution >= 0.6 is 0 Å². The Bertz CT molecular complexity index is 457. The van der Waals surface area contributed by atoms with Gasteiger partial charge >= 0.3 is 12.0 Å². The van der Waals surface area contributed by atoms with Crippen LogP contribution in [-0.2, 0) is 6.54 Å². The molecule has 0 aliphatic carbocycles. The Morgan fingerprint density at radius 2 is 2.06 bits per heavy atom. The molecule has 6 heteroatoms. The molecule has 0 saturated carbocycles. The first-order valence-electron chi connectivity index (χ1n) is 5.31. The summed E-state index contributed by atoms with van der Waals surface area (Å²) in [6.07, 6.45) is 0. The molecular weight excluding hydrogens is 236 g/mol. The average Bonchev–Trinajstić information content (AvgIpc) is 2.34. The maximum Gasteiger partial charge on any atom is 0.339 e. The van der Waals surface area contributed by atoms with Crippen molar-refractivity contribution in [1.82, 2.24) is 10.2 Å². The average molecular weight is 252 g/mol. The number of carboxylic acids is 1. The van der Waals surface area contributed by atoms with Crippen molar-refractivity contribution in [2.24, 2.45) is 0 Å². The van der Waals surface area contributed by atoms with Crippen LogP contribution in [0.3, 0.4) is 0 Å². The highest BCUT2D eigenvalue weighted by molar-refractivity contribution is 5.92. The summed E-state index contributed by atoms with van der Waals surface area (Å²) >= 11 is 0. The largest absolute Gasteiger partial charge is 0.496 e. The first-order chi connectivity index (χ1) is 8.47. The molecule has 0 aliphatic heterocycles. The Balaban J connectivity index is 2.95. The fourth-order valence-corrected chi connectivity index (χ4v) is 1.47. The van der Waals surface area contributed by atoms with Gasteiger partial charge in [0.05, 0.1) is 7.11 Å². The lowest BCUT2D eigenvalue weighted by atomic mass is 10.1. The number of carbonyl (C=O) groups excluding carboxylic acids is 1. The molecule has 1 aromatic carbocycles. The van der Waals surface area contributed by atoms with Crippen molar-refractivity contribution in [3.8, 4) is 5.75 Å². The topological polar surface area (TPSA) is 78.9 Å². The van der Waals surface area contributed by atoms with Crippen LogP contribution in [0.15, 0.2) is 18.2 Å². The van der Waals surface area contributed by atoms with Gasteiger partial charge in [0, 0.05) is 20.6 Å². The number of carbonyl (C=O) groups is 2. The highest BCUT2D eigenvalue weighted by Gasteiger charge is 2.16. The van der Waals surface area contributed by atoms with E-state index in [-0.39, 0.29) is 23.9 Å². The Morgan fingerprint density at radius 1 is 1.39 bits per heavy atom. The number of nitrogens with one attached hydrogen (secondary N) is 1. The summed E-state index contributed by atoms with van der Waals surface area (Å²) in [6, 6.07) is 4.61. The molecule has 0 fully saturated rings. The van der Waals surface area contributed by atoms with E-state index in [0.29, 0.717) is 5.56 Å². The van der Waals surface area contributed by atoms with Gasteiger partial charge in [0.1, 0.15) is 11.3 Å². The number of benzene rings is 1. The molecular formula is C12H16N2O4. The van der Waals surface area contributed by atoms with Gasteiger partial charge in [0.25, 0.3) is 0 Å². The summed E-state index contributed by atoms with van der Waals surface area (Å²) in [7, 11) is 4.63. The molecule has 1 rings (SSSR count). The van der Waals surface area contributed by atoms with Crippen molar-refractivity contribution in [1.29, 1.82) is 0 Å². The third kappa shape index (κ3) is 3.13. The SMILES string of the molecule is COc1cccc(CNC(=O)N(C)C)c1C(=O)O. The third-order valence-electron chi connectivity index (χ3n) is 2.38. The molecule has 1 aromatic rings. The van der Waals surface area contributed by atoms with Gasteiger partial charge in [-0.3, -0.25) is 0 Å². The van der Waals surface area contributed by atoms with Gasteiger partial charge in [-0.15, -0.1) is 0 Å². The van der Waals surface area contributed by atoms with Gasteiger partial charge in [-0.1, -0.05) is 12.1 Å². The van der Waals surface area contributed by atoms with Crippen LogP contribution in [0.2, 0.25) is 0 Å². The molecule has 0 spiro atoms. The number of ether oxygens (including phenoxy) is 1. The van der Waals surface area contributed by atoms with Crippen molar-refractivity contribution in [2.75, 3.05) is 21.2 Å². The number of hydrogen-bond acceptors (Lipinski definition) is 3. The number of urea groups is 1. The van der Waals surface area contributed by atoms with Crippen LogP contribution in [0, 0.1) is 0 Å². The predicted octanol–water partition coefficient (Wildman–Crippen LogP) is 1.16. The van der Waals surface area contributed by atoms with E-state index in [1.165, 1.54) is 12.0 Å². The summed E-state index contributed by atoms with van der Waals surface area (Å²) in [4.78, 5) is 23.9. The van der Waals surface area contributed by atoms with Crippen molar-refractivity contribution >= 4 is 12.0 Å². The number of methoxy groups -OCH3 is 1. The third-order valence-corrected chi connectivity index (χ3v) is 2.38.